The maximum Gasteiger partial charge on any atom is 0.417 e. The molecular weight excluding hydrogens is 372 g/mol. The van der Waals surface area contributed by atoms with Crippen LogP contribution in [0.4, 0.5) is 0 Å². The van der Waals surface area contributed by atoms with Crippen molar-refractivity contribution < 1.29 is 19.4 Å². The smallest absolute Gasteiger partial charge is 0.417 e. The minimum atomic E-state index is -0.781. The summed E-state index contributed by atoms with van der Waals surface area (Å²) in [4.78, 5) is 16.0. The van der Waals surface area contributed by atoms with Crippen LogP contribution >= 0.6 is 0 Å². The van der Waals surface area contributed by atoms with E-state index in [-0.39, 0.29) is 12.0 Å². The van der Waals surface area contributed by atoms with Gasteiger partial charge in [0.1, 0.15) is 11.9 Å². The first-order valence-electron chi connectivity index (χ1n) is 9.96. The van der Waals surface area contributed by atoms with Gasteiger partial charge in [0.15, 0.2) is 5.58 Å². The third-order valence-electron chi connectivity index (χ3n) is 6.17. The molecule has 7 nitrogen and oxygen atoms in total. The summed E-state index contributed by atoms with van der Waals surface area (Å²) in [5.41, 5.74) is 0.954. The van der Waals surface area contributed by atoms with E-state index < -0.39 is 17.5 Å². The fourth-order valence-electron chi connectivity index (χ4n) is 4.82. The van der Waals surface area contributed by atoms with Gasteiger partial charge in [0.25, 0.3) is 0 Å². The Hall–Kier alpha value is -2.61. The van der Waals surface area contributed by atoms with Gasteiger partial charge in [-0.15, -0.1) is 0 Å². The van der Waals surface area contributed by atoms with Crippen LogP contribution in [0.5, 0.6) is 5.75 Å². The largest absolute Gasteiger partial charge is 0.490 e. The van der Waals surface area contributed by atoms with Crippen LogP contribution < -0.4 is 10.5 Å². The lowest BCUT2D eigenvalue weighted by Crippen LogP contribution is -2.36. The summed E-state index contributed by atoms with van der Waals surface area (Å²) < 4.78 is 11.1. The maximum absolute atomic E-state index is 11.3. The summed E-state index contributed by atoms with van der Waals surface area (Å²) in [6, 6.07) is 14.9. The van der Waals surface area contributed by atoms with E-state index in [1.807, 2.05) is 30.3 Å². The van der Waals surface area contributed by atoms with Crippen molar-refractivity contribution in [1.29, 1.82) is 0 Å². The van der Waals surface area contributed by atoms with Gasteiger partial charge in [-0.3, -0.25) is 9.88 Å². The lowest BCUT2D eigenvalue weighted by molar-refractivity contribution is 0.0178. The molecule has 2 aromatic carbocycles. The van der Waals surface area contributed by atoms with Gasteiger partial charge in [-0.2, -0.15) is 0 Å². The molecule has 0 radical (unpaired) electrons. The second kappa shape index (κ2) is 7.02. The number of H-pyrrole nitrogens is 1. The molecule has 1 aliphatic heterocycles. The predicted octanol–water partition coefficient (Wildman–Crippen LogP) is 2.06. The van der Waals surface area contributed by atoms with Crippen molar-refractivity contribution in [2.24, 2.45) is 5.92 Å². The highest BCUT2D eigenvalue weighted by molar-refractivity contribution is 5.72. The van der Waals surface area contributed by atoms with Gasteiger partial charge in [-0.1, -0.05) is 24.3 Å². The number of aliphatic hydroxyl groups excluding tert-OH is 1. The molecular formula is C22H24N2O5. The highest BCUT2D eigenvalue weighted by atomic mass is 16.5. The van der Waals surface area contributed by atoms with E-state index in [9.17, 15) is 15.0 Å². The molecule has 29 heavy (non-hydrogen) atoms. The number of para-hydroxylation sites is 1. The minimum absolute atomic E-state index is 0.0124. The summed E-state index contributed by atoms with van der Waals surface area (Å²) in [5.74, 6) is 0.460. The topological polar surface area (TPSA) is 98.9 Å². The van der Waals surface area contributed by atoms with Gasteiger partial charge in [-0.25, -0.2) is 4.79 Å². The Morgan fingerprint density at radius 1 is 1.28 bits per heavy atom. The maximum atomic E-state index is 11.3. The molecule has 0 unspecified atom stereocenters. The fraction of sp³-hybridized carbons (Fsp3) is 0.409. The van der Waals surface area contributed by atoms with Gasteiger partial charge in [0.05, 0.1) is 17.2 Å². The first-order valence-corrected chi connectivity index (χ1v) is 9.96. The van der Waals surface area contributed by atoms with Gasteiger partial charge in [-0.05, 0) is 36.2 Å². The Morgan fingerprint density at radius 2 is 2.10 bits per heavy atom. The highest BCUT2D eigenvalue weighted by Crippen LogP contribution is 2.43. The van der Waals surface area contributed by atoms with Crippen LogP contribution in [-0.4, -0.2) is 51.4 Å². The molecule has 1 saturated heterocycles. The molecule has 2 fully saturated rings. The highest BCUT2D eigenvalue weighted by Gasteiger charge is 2.52. The van der Waals surface area contributed by atoms with Crippen molar-refractivity contribution in [2.75, 3.05) is 19.6 Å². The number of nitrogens with one attached hydrogen (secondary N) is 1. The molecule has 0 spiro atoms. The zero-order valence-electron chi connectivity index (χ0n) is 16.0. The first-order chi connectivity index (χ1) is 14.0. The molecule has 2 aliphatic rings. The molecule has 2 heterocycles. The molecule has 0 bridgehead atoms. The molecule has 1 saturated carbocycles. The van der Waals surface area contributed by atoms with Crippen molar-refractivity contribution in [1.82, 2.24) is 9.88 Å². The zero-order valence-corrected chi connectivity index (χ0v) is 16.0. The number of nitrogens with zero attached hydrogens (tertiary/aromatic N) is 1. The van der Waals surface area contributed by atoms with Crippen molar-refractivity contribution in [2.45, 2.75) is 30.7 Å². The number of aliphatic hydroxyl groups is 2. The van der Waals surface area contributed by atoms with Gasteiger partial charge >= 0.3 is 5.76 Å². The van der Waals surface area contributed by atoms with E-state index in [0.29, 0.717) is 36.2 Å². The van der Waals surface area contributed by atoms with Crippen LogP contribution in [-0.2, 0) is 0 Å². The number of benzene rings is 2. The number of ether oxygens (including phenoxy) is 1. The minimum Gasteiger partial charge on any atom is -0.490 e. The summed E-state index contributed by atoms with van der Waals surface area (Å²) in [6.45, 7) is 1.66. The number of hydrogen-bond acceptors (Lipinski definition) is 6. The van der Waals surface area contributed by atoms with Crippen molar-refractivity contribution in [3.63, 3.8) is 0 Å². The standard InChI is InChI=1S/C22H24N2O5/c25-19(14-6-7-18-20(8-14)29-21(26)23-18)12-24-11-15-9-17(10-22(15,27)13-24)28-16-4-2-1-3-5-16/h1-8,15,17,19,25,27H,9-13H2,(H,23,26)/t15-,17+,19+,22-/m1/s1. The fourth-order valence-corrected chi connectivity index (χ4v) is 4.82. The van der Waals surface area contributed by atoms with Crippen LogP contribution in [0.15, 0.2) is 57.7 Å². The van der Waals surface area contributed by atoms with Crippen molar-refractivity contribution in [3.8, 4) is 5.75 Å². The van der Waals surface area contributed by atoms with Crippen LogP contribution in [0.25, 0.3) is 11.1 Å². The van der Waals surface area contributed by atoms with Gasteiger partial charge in [0.2, 0.25) is 0 Å². The lowest BCUT2D eigenvalue weighted by Gasteiger charge is -2.25. The number of fused-ring (bicyclic) bond motifs is 2. The van der Waals surface area contributed by atoms with Crippen LogP contribution in [0.2, 0.25) is 0 Å². The van der Waals surface area contributed by atoms with E-state index in [2.05, 4.69) is 9.88 Å². The van der Waals surface area contributed by atoms with Crippen molar-refractivity contribution in [3.05, 3.63) is 64.6 Å². The number of aromatic nitrogens is 1. The van der Waals surface area contributed by atoms with Crippen LogP contribution in [0.1, 0.15) is 24.5 Å². The molecule has 0 amide bonds. The SMILES string of the molecule is O=c1[nH]c2ccc([C@@H](O)CN3C[C@H]4C[C@H](Oc5ccccc5)C[C@@]4(O)C3)cc2o1. The van der Waals surface area contributed by atoms with Crippen LogP contribution in [0.3, 0.4) is 0 Å². The predicted molar refractivity (Wildman–Crippen MR) is 107 cm³/mol. The molecule has 3 aromatic rings. The molecule has 3 N–H and O–H groups in total. The third-order valence-corrected chi connectivity index (χ3v) is 6.17. The summed E-state index contributed by atoms with van der Waals surface area (Å²) in [6.07, 6.45) is 0.690. The Bertz CT molecular complexity index is 1060. The molecule has 152 valence electrons. The van der Waals surface area contributed by atoms with E-state index in [0.717, 1.165) is 18.7 Å². The van der Waals surface area contributed by atoms with E-state index in [1.165, 1.54) is 0 Å². The summed E-state index contributed by atoms with van der Waals surface area (Å²) in [7, 11) is 0. The zero-order chi connectivity index (χ0) is 20.0. The molecule has 7 heteroatoms. The second-order valence-corrected chi connectivity index (χ2v) is 8.27. The molecule has 4 atom stereocenters. The number of rotatable bonds is 5. The Labute approximate surface area is 167 Å². The van der Waals surface area contributed by atoms with E-state index in [1.54, 1.807) is 18.2 Å². The molecule has 1 aromatic heterocycles. The average molecular weight is 396 g/mol. The first kappa shape index (κ1) is 18.4. The van der Waals surface area contributed by atoms with E-state index in [4.69, 9.17) is 9.15 Å². The van der Waals surface area contributed by atoms with Gasteiger partial charge < -0.3 is 19.4 Å². The monoisotopic (exact) mass is 396 g/mol. The number of hydrogen-bond donors (Lipinski definition) is 3. The van der Waals surface area contributed by atoms with Crippen LogP contribution in [0, 0.1) is 5.92 Å². The normalized spacial score (nSPS) is 27.9. The second-order valence-electron chi connectivity index (χ2n) is 8.27. The molecule has 5 rings (SSSR count). The number of β-amino-alcohol motifs (C(OH)–C–C–N with tert-alkyl or cyclic N) is 2. The Morgan fingerprint density at radius 3 is 2.90 bits per heavy atom. The Kier molecular flexibility index (Phi) is 4.46. The lowest BCUT2D eigenvalue weighted by atomic mass is 9.95. The molecule has 1 aliphatic carbocycles. The van der Waals surface area contributed by atoms with E-state index >= 15 is 0 Å². The number of oxazole rings is 1. The Balaban J connectivity index is 1.21. The van der Waals surface area contributed by atoms with Gasteiger partial charge in [0, 0.05) is 32.0 Å². The summed E-state index contributed by atoms with van der Waals surface area (Å²) >= 11 is 0. The average Bonchev–Trinajstić information content (AvgIpc) is 3.29. The number of likely N-dealkylation sites (tertiary alicyclic amines) is 1. The van der Waals surface area contributed by atoms with Crippen molar-refractivity contribution >= 4 is 11.1 Å². The number of aromatic amines is 1. The third kappa shape index (κ3) is 3.57. The summed E-state index contributed by atoms with van der Waals surface area (Å²) in [5, 5.41) is 21.8. The quantitative estimate of drug-likeness (QED) is 0.611.